The van der Waals surface area contributed by atoms with Crippen LogP contribution in [0.15, 0.2) is 30.3 Å². The van der Waals surface area contributed by atoms with Gasteiger partial charge in [0.2, 0.25) is 0 Å². The molecule has 2 rings (SSSR count). The molecule has 0 heterocycles. The SMILES string of the molecule is COc1ccc(C(=O)Nc2cc(C(O)CNC(C)(C)C)cc(Cl)c2O)cc1Cl. The summed E-state index contributed by atoms with van der Waals surface area (Å²) in [6.45, 7) is 6.23. The van der Waals surface area contributed by atoms with Crippen LogP contribution >= 0.6 is 23.2 Å². The van der Waals surface area contributed by atoms with E-state index in [4.69, 9.17) is 27.9 Å². The molecule has 0 bridgehead atoms. The molecule has 8 heteroatoms. The van der Waals surface area contributed by atoms with Crippen LogP contribution in [-0.4, -0.2) is 35.3 Å². The minimum atomic E-state index is -0.872. The van der Waals surface area contributed by atoms with E-state index in [1.807, 2.05) is 20.8 Å². The fraction of sp³-hybridized carbons (Fsp3) is 0.350. The molecule has 2 aromatic rings. The predicted octanol–water partition coefficient (Wildman–Crippen LogP) is 4.38. The molecule has 0 aliphatic heterocycles. The van der Waals surface area contributed by atoms with Gasteiger partial charge < -0.3 is 25.6 Å². The van der Waals surface area contributed by atoms with Crippen molar-refractivity contribution in [3.8, 4) is 11.5 Å². The zero-order valence-electron chi connectivity index (χ0n) is 16.1. The van der Waals surface area contributed by atoms with Gasteiger partial charge in [0.15, 0.2) is 5.75 Å². The number of β-amino-alcohol motifs (C(OH)–C–C–N with tert-alkyl or cyclic N) is 1. The smallest absolute Gasteiger partial charge is 0.255 e. The highest BCUT2D eigenvalue weighted by Gasteiger charge is 2.19. The highest BCUT2D eigenvalue weighted by Crippen LogP contribution is 2.35. The number of phenolic OH excluding ortho intramolecular Hbond substituents is 1. The van der Waals surface area contributed by atoms with Crippen LogP contribution in [0, 0.1) is 0 Å². The molecule has 0 fully saturated rings. The van der Waals surface area contributed by atoms with E-state index in [-0.39, 0.29) is 39.1 Å². The van der Waals surface area contributed by atoms with Crippen LogP contribution in [0.25, 0.3) is 0 Å². The van der Waals surface area contributed by atoms with Crippen LogP contribution < -0.4 is 15.4 Å². The predicted molar refractivity (Wildman–Crippen MR) is 112 cm³/mol. The second kappa shape index (κ2) is 9.01. The number of amides is 1. The van der Waals surface area contributed by atoms with E-state index < -0.39 is 12.0 Å². The van der Waals surface area contributed by atoms with Gasteiger partial charge in [-0.1, -0.05) is 23.2 Å². The van der Waals surface area contributed by atoms with Gasteiger partial charge in [0.05, 0.1) is 28.9 Å². The van der Waals surface area contributed by atoms with Gasteiger partial charge in [-0.2, -0.15) is 0 Å². The number of hydrogen-bond donors (Lipinski definition) is 4. The van der Waals surface area contributed by atoms with Gasteiger partial charge in [0, 0.05) is 17.6 Å². The summed E-state index contributed by atoms with van der Waals surface area (Å²) >= 11 is 12.1. The Morgan fingerprint density at radius 1 is 1.18 bits per heavy atom. The molecule has 0 aliphatic rings. The molecule has 0 saturated carbocycles. The van der Waals surface area contributed by atoms with E-state index in [9.17, 15) is 15.0 Å². The summed E-state index contributed by atoms with van der Waals surface area (Å²) in [7, 11) is 1.48. The van der Waals surface area contributed by atoms with E-state index in [2.05, 4.69) is 10.6 Å². The molecule has 4 N–H and O–H groups in total. The highest BCUT2D eigenvalue weighted by atomic mass is 35.5. The first kappa shape index (κ1) is 22.3. The molecule has 0 radical (unpaired) electrons. The van der Waals surface area contributed by atoms with Gasteiger partial charge in [-0.3, -0.25) is 4.79 Å². The maximum atomic E-state index is 12.5. The summed E-state index contributed by atoms with van der Waals surface area (Å²) in [5, 5.41) is 26.7. The number of aliphatic hydroxyl groups excluding tert-OH is 1. The number of ether oxygens (including phenoxy) is 1. The highest BCUT2D eigenvalue weighted by molar-refractivity contribution is 6.33. The summed E-state index contributed by atoms with van der Waals surface area (Å²) in [6.07, 6.45) is -0.872. The van der Waals surface area contributed by atoms with Gasteiger partial charge in [-0.15, -0.1) is 0 Å². The Balaban J connectivity index is 2.24. The van der Waals surface area contributed by atoms with Crippen LogP contribution in [0.4, 0.5) is 5.69 Å². The molecule has 0 spiro atoms. The number of aliphatic hydroxyl groups is 1. The van der Waals surface area contributed by atoms with E-state index >= 15 is 0 Å². The number of phenols is 1. The zero-order valence-corrected chi connectivity index (χ0v) is 17.6. The van der Waals surface area contributed by atoms with Crippen molar-refractivity contribution in [3.63, 3.8) is 0 Å². The lowest BCUT2D eigenvalue weighted by atomic mass is 10.0. The molecular formula is C20H24Cl2N2O4. The van der Waals surface area contributed by atoms with Crippen molar-refractivity contribution >= 4 is 34.8 Å². The van der Waals surface area contributed by atoms with Crippen LogP contribution in [0.2, 0.25) is 10.0 Å². The van der Waals surface area contributed by atoms with Gasteiger partial charge in [-0.05, 0) is 56.7 Å². The third-order valence-corrected chi connectivity index (χ3v) is 4.54. The molecule has 1 amide bonds. The Kier molecular flexibility index (Phi) is 7.17. The monoisotopic (exact) mass is 426 g/mol. The number of halogens is 2. The molecular weight excluding hydrogens is 403 g/mol. The minimum absolute atomic E-state index is 0.0235. The number of benzene rings is 2. The number of rotatable bonds is 6. The van der Waals surface area contributed by atoms with Crippen molar-refractivity contribution in [2.24, 2.45) is 0 Å². The maximum absolute atomic E-state index is 12.5. The number of aromatic hydroxyl groups is 1. The molecule has 2 aromatic carbocycles. The van der Waals surface area contributed by atoms with E-state index in [0.717, 1.165) is 0 Å². The quantitative estimate of drug-likeness (QED) is 0.514. The lowest BCUT2D eigenvalue weighted by molar-refractivity contribution is 0.102. The second-order valence-corrected chi connectivity index (χ2v) is 8.16. The number of carbonyl (C=O) groups is 1. The lowest BCUT2D eigenvalue weighted by Gasteiger charge is -2.23. The fourth-order valence-electron chi connectivity index (χ4n) is 2.43. The molecule has 28 heavy (non-hydrogen) atoms. The Morgan fingerprint density at radius 3 is 2.43 bits per heavy atom. The van der Waals surface area contributed by atoms with E-state index in [1.54, 1.807) is 12.1 Å². The molecule has 0 aromatic heterocycles. The average Bonchev–Trinajstić information content (AvgIpc) is 2.62. The van der Waals surface area contributed by atoms with Gasteiger partial charge >= 0.3 is 0 Å². The van der Waals surface area contributed by atoms with Crippen molar-refractivity contribution in [2.45, 2.75) is 32.4 Å². The molecule has 152 valence electrons. The lowest BCUT2D eigenvalue weighted by Crippen LogP contribution is -2.38. The van der Waals surface area contributed by atoms with E-state index in [1.165, 1.54) is 25.3 Å². The third-order valence-electron chi connectivity index (χ3n) is 3.96. The summed E-state index contributed by atoms with van der Waals surface area (Å²) in [5.41, 5.74) is 0.658. The van der Waals surface area contributed by atoms with Crippen LogP contribution in [-0.2, 0) is 0 Å². The normalized spacial score (nSPS) is 12.5. The van der Waals surface area contributed by atoms with Crippen molar-refractivity contribution in [1.29, 1.82) is 0 Å². The molecule has 0 aliphatic carbocycles. The second-order valence-electron chi connectivity index (χ2n) is 7.35. The van der Waals surface area contributed by atoms with Crippen LogP contribution in [0.3, 0.4) is 0 Å². The summed E-state index contributed by atoms with van der Waals surface area (Å²) in [6, 6.07) is 7.53. The largest absolute Gasteiger partial charge is 0.504 e. The van der Waals surface area contributed by atoms with Gasteiger partial charge in [0.1, 0.15) is 5.75 Å². The van der Waals surface area contributed by atoms with Crippen molar-refractivity contribution < 1.29 is 19.7 Å². The standard InChI is InChI=1S/C20H24Cl2N2O4/c1-20(2,3)23-10-16(25)12-8-14(22)18(26)15(9-12)24-19(27)11-5-6-17(28-4)13(21)7-11/h5-9,16,23,25-26H,10H2,1-4H3,(H,24,27). The Morgan fingerprint density at radius 2 is 1.86 bits per heavy atom. The minimum Gasteiger partial charge on any atom is -0.504 e. The van der Waals surface area contributed by atoms with Crippen LogP contribution in [0.1, 0.15) is 42.8 Å². The molecule has 0 saturated heterocycles. The Hall–Kier alpha value is -1.99. The third kappa shape index (κ3) is 5.75. The number of anilines is 1. The Bertz CT molecular complexity index is 866. The topological polar surface area (TPSA) is 90.8 Å². The summed E-state index contributed by atoms with van der Waals surface area (Å²) < 4.78 is 5.07. The first-order chi connectivity index (χ1) is 13.0. The van der Waals surface area contributed by atoms with Gasteiger partial charge in [0.25, 0.3) is 5.91 Å². The van der Waals surface area contributed by atoms with E-state index in [0.29, 0.717) is 11.3 Å². The first-order valence-corrected chi connectivity index (χ1v) is 9.38. The molecule has 6 nitrogen and oxygen atoms in total. The molecule has 1 atom stereocenters. The maximum Gasteiger partial charge on any atom is 0.255 e. The van der Waals surface area contributed by atoms with Crippen molar-refractivity contribution in [3.05, 3.63) is 51.5 Å². The zero-order chi connectivity index (χ0) is 21.1. The van der Waals surface area contributed by atoms with Gasteiger partial charge in [-0.25, -0.2) is 0 Å². The Labute approximate surface area is 174 Å². The molecule has 1 unspecified atom stereocenters. The summed E-state index contributed by atoms with van der Waals surface area (Å²) in [5.74, 6) is -0.328. The number of carbonyl (C=O) groups excluding carboxylic acids is 1. The number of hydrogen-bond acceptors (Lipinski definition) is 5. The number of methoxy groups -OCH3 is 1. The average molecular weight is 427 g/mol. The van der Waals surface area contributed by atoms with Crippen LogP contribution in [0.5, 0.6) is 11.5 Å². The van der Waals surface area contributed by atoms with Crippen molar-refractivity contribution in [2.75, 3.05) is 19.0 Å². The number of nitrogens with one attached hydrogen (secondary N) is 2. The first-order valence-electron chi connectivity index (χ1n) is 8.62. The fourth-order valence-corrected chi connectivity index (χ4v) is 2.92. The van der Waals surface area contributed by atoms with Crippen molar-refractivity contribution in [1.82, 2.24) is 5.32 Å². The summed E-state index contributed by atoms with van der Waals surface area (Å²) in [4.78, 5) is 12.5.